The Balaban J connectivity index is 2.46. The van der Waals surface area contributed by atoms with Crippen LogP contribution in [0.4, 0.5) is 22.0 Å². The van der Waals surface area contributed by atoms with Gasteiger partial charge in [-0.25, -0.2) is 21.9 Å². The Kier molecular flexibility index (Phi) is 5.25. The van der Waals surface area contributed by atoms with E-state index in [1.54, 1.807) is 0 Å². The largest absolute Gasteiger partial charge is 0.472 e. The van der Waals surface area contributed by atoms with E-state index in [-0.39, 0.29) is 0 Å². The summed E-state index contributed by atoms with van der Waals surface area (Å²) in [5, 5.41) is 2.75. The number of hydroxylamine groups is 1. The van der Waals surface area contributed by atoms with Crippen molar-refractivity contribution in [2.24, 2.45) is 7.05 Å². The lowest BCUT2D eigenvalue weighted by Gasteiger charge is -2.12. The van der Waals surface area contributed by atoms with Gasteiger partial charge in [0, 0.05) is 7.05 Å². The molecule has 1 N–H and O–H groups in total. The average Bonchev–Trinajstić information content (AvgIpc) is 2.97. The van der Waals surface area contributed by atoms with Crippen LogP contribution in [-0.2, 0) is 33.7 Å². The highest BCUT2D eigenvalue weighted by molar-refractivity contribution is 7.94. The molecule has 26 heavy (non-hydrogen) atoms. The molecule has 1 aliphatic rings. The first-order valence-corrected chi connectivity index (χ1v) is 8.82. The minimum Gasteiger partial charge on any atom is -0.472 e. The molecular weight excluding hydrogens is 389 g/mol. The summed E-state index contributed by atoms with van der Waals surface area (Å²) in [7, 11) is -3.28. The molecular formula is C13H16F5N3O4S. The van der Waals surface area contributed by atoms with E-state index in [1.807, 2.05) is 0 Å². The average molecular weight is 405 g/mol. The van der Waals surface area contributed by atoms with Gasteiger partial charge in [0.2, 0.25) is 5.88 Å². The Morgan fingerprint density at radius 1 is 1.38 bits per heavy atom. The van der Waals surface area contributed by atoms with Crippen LogP contribution in [0.1, 0.15) is 25.1 Å². The lowest BCUT2D eigenvalue weighted by Crippen LogP contribution is -2.23. The third-order valence-electron chi connectivity index (χ3n) is 3.27. The third-order valence-corrected chi connectivity index (χ3v) is 4.81. The Morgan fingerprint density at radius 3 is 2.46 bits per heavy atom. The van der Waals surface area contributed by atoms with Gasteiger partial charge in [-0.3, -0.25) is 10.3 Å². The molecule has 148 valence electrons. The molecule has 2 heterocycles. The molecule has 2 rings (SSSR count). The van der Waals surface area contributed by atoms with Crippen LogP contribution in [0, 0.1) is 0 Å². The zero-order valence-electron chi connectivity index (χ0n) is 13.9. The van der Waals surface area contributed by atoms with Crippen LogP contribution in [0.2, 0.25) is 0 Å². The summed E-state index contributed by atoms with van der Waals surface area (Å²) in [6.07, 6.45) is -6.77. The molecule has 13 heteroatoms. The Hall–Kier alpha value is -1.89. The third kappa shape index (κ3) is 4.44. The van der Waals surface area contributed by atoms with Gasteiger partial charge in [0.15, 0.2) is 27.2 Å². The molecule has 0 saturated carbocycles. The molecule has 0 unspecified atom stereocenters. The number of halogens is 5. The second kappa shape index (κ2) is 6.68. The van der Waals surface area contributed by atoms with Crippen LogP contribution in [0.25, 0.3) is 0 Å². The second-order valence-electron chi connectivity index (χ2n) is 6.03. The van der Waals surface area contributed by atoms with Crippen molar-refractivity contribution in [3.8, 4) is 5.88 Å². The molecule has 0 fully saturated rings. The molecule has 0 spiro atoms. The van der Waals surface area contributed by atoms with Gasteiger partial charge in [-0.05, 0) is 19.9 Å². The van der Waals surface area contributed by atoms with E-state index in [0.717, 1.165) is 7.05 Å². The molecule has 0 bridgehead atoms. The lowest BCUT2D eigenvalue weighted by molar-refractivity contribution is -0.141. The summed E-state index contributed by atoms with van der Waals surface area (Å²) in [6, 6.07) is 0. The number of hydrogen-bond donors (Lipinski definition) is 1. The maximum atomic E-state index is 13.2. The fraction of sp³-hybridized carbons (Fsp3) is 0.615. The van der Waals surface area contributed by atoms with Gasteiger partial charge < -0.3 is 4.74 Å². The molecule has 1 aromatic rings. The summed E-state index contributed by atoms with van der Waals surface area (Å²) < 4.78 is 94.4. The fourth-order valence-electron chi connectivity index (χ4n) is 2.21. The zero-order chi connectivity index (χ0) is 19.9. The molecule has 0 radical (unpaired) electrons. The zero-order valence-corrected chi connectivity index (χ0v) is 14.7. The number of hydrogen-bond acceptors (Lipinski definition) is 6. The fourth-order valence-corrected chi connectivity index (χ4v) is 3.64. The lowest BCUT2D eigenvalue weighted by atomic mass is 10.1. The molecule has 1 aromatic heterocycles. The topological polar surface area (TPSA) is 82.5 Å². The van der Waals surface area contributed by atoms with Gasteiger partial charge in [-0.2, -0.15) is 18.3 Å². The number of rotatable bonds is 6. The van der Waals surface area contributed by atoms with Crippen molar-refractivity contribution in [3.63, 3.8) is 0 Å². The highest BCUT2D eigenvalue weighted by Gasteiger charge is 2.42. The summed E-state index contributed by atoms with van der Waals surface area (Å²) >= 11 is 0. The molecule has 0 aromatic carbocycles. The molecule has 1 aliphatic heterocycles. The van der Waals surface area contributed by atoms with Crippen LogP contribution in [-0.4, -0.2) is 36.8 Å². The van der Waals surface area contributed by atoms with Crippen molar-refractivity contribution in [1.82, 2.24) is 15.3 Å². The number of aryl methyl sites for hydroxylation is 1. The predicted octanol–water partition coefficient (Wildman–Crippen LogP) is 2.15. The Morgan fingerprint density at radius 2 is 2.00 bits per heavy atom. The molecule has 7 nitrogen and oxygen atoms in total. The number of nitrogens with zero attached hydrogens (tertiary/aromatic N) is 2. The van der Waals surface area contributed by atoms with Crippen molar-refractivity contribution in [2.45, 2.75) is 37.8 Å². The summed E-state index contributed by atoms with van der Waals surface area (Å²) in [5.41, 5.74) is -1.22. The van der Waals surface area contributed by atoms with E-state index < -0.39 is 62.6 Å². The van der Waals surface area contributed by atoms with Crippen LogP contribution in [0.5, 0.6) is 5.88 Å². The first-order valence-electron chi connectivity index (χ1n) is 7.16. The Labute approximate surface area is 145 Å². The minimum atomic E-state index is -5.00. The number of nitrogens with one attached hydrogen (secondary N) is 1. The van der Waals surface area contributed by atoms with Crippen molar-refractivity contribution in [1.29, 1.82) is 0 Å². The van der Waals surface area contributed by atoms with E-state index in [4.69, 9.17) is 4.84 Å². The first-order chi connectivity index (χ1) is 11.7. The minimum absolute atomic E-state index is 0.431. The van der Waals surface area contributed by atoms with Crippen LogP contribution in [0.3, 0.4) is 0 Å². The molecule has 0 atom stereocenters. The van der Waals surface area contributed by atoms with Gasteiger partial charge >= 0.3 is 6.18 Å². The van der Waals surface area contributed by atoms with E-state index in [1.165, 1.54) is 19.9 Å². The predicted molar refractivity (Wildman–Crippen MR) is 78.7 cm³/mol. The van der Waals surface area contributed by atoms with E-state index in [2.05, 4.69) is 15.3 Å². The summed E-state index contributed by atoms with van der Waals surface area (Å²) in [4.78, 5) is 4.99. The van der Waals surface area contributed by atoms with Crippen LogP contribution in [0.15, 0.2) is 11.1 Å². The number of alkyl halides is 5. The van der Waals surface area contributed by atoms with Gasteiger partial charge in [0.25, 0.3) is 6.43 Å². The van der Waals surface area contributed by atoms with Crippen LogP contribution < -0.4 is 10.2 Å². The monoisotopic (exact) mass is 405 g/mol. The molecule has 0 saturated heterocycles. The Bertz CT molecular complexity index is 814. The van der Waals surface area contributed by atoms with Gasteiger partial charge in [0.05, 0.1) is 11.3 Å². The maximum absolute atomic E-state index is 13.2. The second-order valence-corrected chi connectivity index (χ2v) is 7.99. The normalized spacial score (nSPS) is 17.3. The van der Waals surface area contributed by atoms with Gasteiger partial charge in [0.1, 0.15) is 5.60 Å². The van der Waals surface area contributed by atoms with E-state index >= 15 is 0 Å². The maximum Gasteiger partial charge on any atom is 0.435 e. The van der Waals surface area contributed by atoms with Gasteiger partial charge in [-0.15, -0.1) is 0 Å². The van der Waals surface area contributed by atoms with E-state index in [0.29, 0.717) is 4.68 Å². The standard InChI is InChI=1S/C13H16F5N3O4S/c1-12(2)4-9(20-25-12)26(22,23)6-7-10(13(16,17)18)19-21(3)11(7)24-5-8(14)15/h4,8,20H,5-6H2,1-3H3. The summed E-state index contributed by atoms with van der Waals surface area (Å²) in [5.74, 6) is -1.85. The molecule has 0 aliphatic carbocycles. The molecule has 0 amide bonds. The smallest absolute Gasteiger partial charge is 0.435 e. The highest BCUT2D eigenvalue weighted by Crippen LogP contribution is 2.37. The number of sulfone groups is 1. The number of aromatic nitrogens is 2. The highest BCUT2D eigenvalue weighted by atomic mass is 32.2. The SMILES string of the molecule is Cn1nc(C(F)(F)F)c(CS(=O)(=O)C2=CC(C)(C)ON2)c1OCC(F)F. The van der Waals surface area contributed by atoms with Crippen LogP contribution >= 0.6 is 0 Å². The van der Waals surface area contributed by atoms with Crippen molar-refractivity contribution in [2.75, 3.05) is 6.61 Å². The quantitative estimate of drug-likeness (QED) is 0.731. The van der Waals surface area contributed by atoms with Crippen molar-refractivity contribution >= 4 is 9.84 Å². The first kappa shape index (κ1) is 20.4. The van der Waals surface area contributed by atoms with Gasteiger partial charge in [-0.1, -0.05) is 0 Å². The van der Waals surface area contributed by atoms with Crippen molar-refractivity contribution < 1.29 is 39.9 Å². The summed E-state index contributed by atoms with van der Waals surface area (Å²) in [6.45, 7) is 1.86. The number of ether oxygens (including phenoxy) is 1. The van der Waals surface area contributed by atoms with Crippen molar-refractivity contribution in [3.05, 3.63) is 22.4 Å². The van der Waals surface area contributed by atoms with E-state index in [9.17, 15) is 30.4 Å².